The molecule has 1 aromatic heterocycles. The summed E-state index contributed by atoms with van der Waals surface area (Å²) in [5.74, 6) is -1.33. The van der Waals surface area contributed by atoms with Gasteiger partial charge >= 0.3 is 11.7 Å². The van der Waals surface area contributed by atoms with Crippen molar-refractivity contribution in [3.8, 4) is 0 Å². The standard InChI is InChI=1S/C22H24N2O5/c1-16(2)24(14-17-8-4-3-5-9-17)20(25)15-28-21(26)12-13-23-18-10-6-7-11-19(18)29-22(23)27/h3-11,16H,12-15H2,1-2H3. The van der Waals surface area contributed by atoms with Crippen molar-refractivity contribution in [2.45, 2.75) is 39.4 Å². The second-order valence-corrected chi connectivity index (χ2v) is 7.00. The van der Waals surface area contributed by atoms with Crippen LogP contribution < -0.4 is 5.76 Å². The van der Waals surface area contributed by atoms with E-state index < -0.39 is 11.7 Å². The van der Waals surface area contributed by atoms with Gasteiger partial charge < -0.3 is 14.1 Å². The fourth-order valence-corrected chi connectivity index (χ4v) is 3.06. The van der Waals surface area contributed by atoms with Crippen LogP contribution in [0.2, 0.25) is 0 Å². The Hall–Kier alpha value is -3.35. The van der Waals surface area contributed by atoms with Crippen LogP contribution in [-0.2, 0) is 27.4 Å². The number of benzene rings is 2. The average molecular weight is 396 g/mol. The smallest absolute Gasteiger partial charge is 0.419 e. The van der Waals surface area contributed by atoms with Crippen molar-refractivity contribution in [2.24, 2.45) is 0 Å². The summed E-state index contributed by atoms with van der Waals surface area (Å²) in [7, 11) is 0. The molecule has 0 aliphatic rings. The molecular formula is C22H24N2O5. The minimum Gasteiger partial charge on any atom is -0.456 e. The molecule has 0 aliphatic heterocycles. The predicted octanol–water partition coefficient (Wildman–Crippen LogP) is 2.97. The summed E-state index contributed by atoms with van der Waals surface area (Å²) < 4.78 is 11.7. The average Bonchev–Trinajstić information content (AvgIpc) is 3.04. The van der Waals surface area contributed by atoms with Crippen molar-refractivity contribution in [3.05, 3.63) is 70.7 Å². The number of carbonyl (C=O) groups excluding carboxylic acids is 2. The van der Waals surface area contributed by atoms with E-state index in [1.54, 1.807) is 29.2 Å². The van der Waals surface area contributed by atoms with E-state index in [0.717, 1.165) is 5.56 Å². The maximum absolute atomic E-state index is 12.5. The van der Waals surface area contributed by atoms with Crippen LogP contribution in [0.3, 0.4) is 0 Å². The molecule has 7 nitrogen and oxygen atoms in total. The molecule has 0 atom stereocenters. The molecule has 3 rings (SSSR count). The largest absolute Gasteiger partial charge is 0.456 e. The highest BCUT2D eigenvalue weighted by atomic mass is 16.5. The highest BCUT2D eigenvalue weighted by Crippen LogP contribution is 2.12. The summed E-state index contributed by atoms with van der Waals surface area (Å²) in [5, 5.41) is 0. The molecule has 0 aliphatic carbocycles. The molecule has 7 heteroatoms. The SMILES string of the molecule is CC(C)N(Cc1ccccc1)C(=O)COC(=O)CCn1c(=O)oc2ccccc21. The maximum Gasteiger partial charge on any atom is 0.419 e. The molecule has 152 valence electrons. The van der Waals surface area contributed by atoms with Gasteiger partial charge in [0, 0.05) is 19.1 Å². The maximum atomic E-state index is 12.5. The minimum atomic E-state index is -0.543. The third-order valence-corrected chi connectivity index (χ3v) is 4.61. The van der Waals surface area contributed by atoms with E-state index in [9.17, 15) is 14.4 Å². The van der Waals surface area contributed by atoms with Crippen molar-refractivity contribution in [2.75, 3.05) is 6.61 Å². The monoisotopic (exact) mass is 396 g/mol. The fourth-order valence-electron chi connectivity index (χ4n) is 3.06. The Kier molecular flexibility index (Phi) is 6.49. The second kappa shape index (κ2) is 9.23. The van der Waals surface area contributed by atoms with Crippen molar-refractivity contribution in [3.63, 3.8) is 0 Å². The van der Waals surface area contributed by atoms with Gasteiger partial charge in [0.05, 0.1) is 11.9 Å². The van der Waals surface area contributed by atoms with E-state index in [4.69, 9.17) is 9.15 Å². The Morgan fingerprint density at radius 1 is 1.07 bits per heavy atom. The quantitative estimate of drug-likeness (QED) is 0.547. The molecule has 0 bridgehead atoms. The van der Waals surface area contributed by atoms with Crippen LogP contribution in [0.1, 0.15) is 25.8 Å². The van der Waals surface area contributed by atoms with Crippen LogP contribution in [0.25, 0.3) is 11.1 Å². The van der Waals surface area contributed by atoms with Gasteiger partial charge in [-0.1, -0.05) is 42.5 Å². The lowest BCUT2D eigenvalue weighted by atomic mass is 10.2. The zero-order valence-electron chi connectivity index (χ0n) is 16.5. The third kappa shape index (κ3) is 5.13. The zero-order valence-corrected chi connectivity index (χ0v) is 16.5. The van der Waals surface area contributed by atoms with Crippen LogP contribution in [0, 0.1) is 0 Å². The summed E-state index contributed by atoms with van der Waals surface area (Å²) in [4.78, 5) is 38.2. The molecule has 1 heterocycles. The van der Waals surface area contributed by atoms with Crippen molar-refractivity contribution in [1.82, 2.24) is 9.47 Å². The number of ether oxygens (including phenoxy) is 1. The number of oxazole rings is 1. The molecule has 3 aromatic rings. The molecule has 2 aromatic carbocycles. The lowest BCUT2D eigenvalue weighted by Gasteiger charge is -2.26. The van der Waals surface area contributed by atoms with Crippen LogP contribution >= 0.6 is 0 Å². The van der Waals surface area contributed by atoms with E-state index in [0.29, 0.717) is 17.6 Å². The molecule has 0 N–H and O–H groups in total. The minimum absolute atomic E-state index is 0.0303. The molecular weight excluding hydrogens is 372 g/mol. The first kappa shape index (κ1) is 20.4. The molecule has 0 fully saturated rings. The van der Waals surface area contributed by atoms with Gasteiger partial charge in [0.15, 0.2) is 12.2 Å². The Balaban J connectivity index is 1.54. The van der Waals surface area contributed by atoms with Gasteiger partial charge in [0.2, 0.25) is 0 Å². The summed E-state index contributed by atoms with van der Waals surface area (Å²) in [6.07, 6.45) is -0.0307. The Labute approximate surface area is 168 Å². The number of carbonyl (C=O) groups is 2. The van der Waals surface area contributed by atoms with E-state index in [1.807, 2.05) is 44.2 Å². The van der Waals surface area contributed by atoms with Crippen molar-refractivity contribution < 1.29 is 18.7 Å². The first-order valence-electron chi connectivity index (χ1n) is 9.53. The zero-order chi connectivity index (χ0) is 20.8. The molecule has 0 unspecified atom stereocenters. The summed E-state index contributed by atoms with van der Waals surface area (Å²) in [6, 6.07) is 16.6. The number of aromatic nitrogens is 1. The topological polar surface area (TPSA) is 81.8 Å². The first-order valence-corrected chi connectivity index (χ1v) is 9.53. The predicted molar refractivity (Wildman–Crippen MR) is 108 cm³/mol. The van der Waals surface area contributed by atoms with Crippen LogP contribution in [-0.4, -0.2) is 34.0 Å². The number of amides is 1. The molecule has 0 saturated heterocycles. The van der Waals surface area contributed by atoms with Crippen molar-refractivity contribution >= 4 is 23.0 Å². The lowest BCUT2D eigenvalue weighted by Crippen LogP contribution is -2.39. The second-order valence-electron chi connectivity index (χ2n) is 7.00. The van der Waals surface area contributed by atoms with E-state index in [1.165, 1.54) is 4.57 Å². The molecule has 29 heavy (non-hydrogen) atoms. The van der Waals surface area contributed by atoms with Gasteiger partial charge in [0.25, 0.3) is 5.91 Å². The Morgan fingerprint density at radius 2 is 1.76 bits per heavy atom. The number of rotatable bonds is 8. The lowest BCUT2D eigenvalue weighted by molar-refractivity contribution is -0.153. The Morgan fingerprint density at radius 3 is 2.48 bits per heavy atom. The number of nitrogens with zero attached hydrogens (tertiary/aromatic N) is 2. The summed E-state index contributed by atoms with van der Waals surface area (Å²) >= 11 is 0. The number of esters is 1. The molecule has 1 amide bonds. The number of hydrogen-bond acceptors (Lipinski definition) is 5. The van der Waals surface area contributed by atoms with Gasteiger partial charge in [-0.3, -0.25) is 14.2 Å². The summed E-state index contributed by atoms with van der Waals surface area (Å²) in [6.45, 7) is 4.08. The highest BCUT2D eigenvalue weighted by molar-refractivity contribution is 5.81. The van der Waals surface area contributed by atoms with E-state index >= 15 is 0 Å². The van der Waals surface area contributed by atoms with Gasteiger partial charge in [-0.05, 0) is 31.5 Å². The van der Waals surface area contributed by atoms with Crippen molar-refractivity contribution in [1.29, 1.82) is 0 Å². The van der Waals surface area contributed by atoms with E-state index in [2.05, 4.69) is 0 Å². The summed E-state index contributed by atoms with van der Waals surface area (Å²) in [5.41, 5.74) is 2.09. The third-order valence-electron chi connectivity index (χ3n) is 4.61. The number of hydrogen-bond donors (Lipinski definition) is 0. The van der Waals surface area contributed by atoms with Crippen LogP contribution in [0.5, 0.6) is 0 Å². The number of fused-ring (bicyclic) bond motifs is 1. The molecule has 0 spiro atoms. The number of para-hydroxylation sites is 2. The molecule has 0 radical (unpaired) electrons. The van der Waals surface area contributed by atoms with E-state index in [-0.39, 0.29) is 31.5 Å². The van der Waals surface area contributed by atoms with Gasteiger partial charge in [-0.25, -0.2) is 4.79 Å². The molecule has 0 saturated carbocycles. The number of aryl methyl sites for hydroxylation is 1. The van der Waals surface area contributed by atoms with Gasteiger partial charge in [-0.2, -0.15) is 0 Å². The van der Waals surface area contributed by atoms with Gasteiger partial charge in [-0.15, -0.1) is 0 Å². The fraction of sp³-hybridized carbons (Fsp3) is 0.318. The first-order chi connectivity index (χ1) is 14.0. The van der Waals surface area contributed by atoms with Gasteiger partial charge in [0.1, 0.15) is 0 Å². The normalized spacial score (nSPS) is 11.0. The highest BCUT2D eigenvalue weighted by Gasteiger charge is 2.19. The van der Waals surface area contributed by atoms with Crippen LogP contribution in [0.4, 0.5) is 0 Å². The van der Waals surface area contributed by atoms with Crippen LogP contribution in [0.15, 0.2) is 63.8 Å². The Bertz CT molecular complexity index is 1040.